The molecule has 2 N–H and O–H groups in total. The van der Waals surface area contributed by atoms with E-state index in [9.17, 15) is 4.79 Å². The van der Waals surface area contributed by atoms with E-state index < -0.39 is 0 Å². The molecule has 0 saturated carbocycles. The molecule has 0 bridgehead atoms. The first kappa shape index (κ1) is 13.8. The van der Waals surface area contributed by atoms with Crippen LogP contribution in [0.3, 0.4) is 0 Å². The minimum absolute atomic E-state index is 0.373. The van der Waals surface area contributed by atoms with Crippen molar-refractivity contribution in [3.05, 3.63) is 65.7 Å². The van der Waals surface area contributed by atoms with Crippen molar-refractivity contribution in [3.63, 3.8) is 0 Å². The average Bonchev–Trinajstić information content (AvgIpc) is 2.47. The molecule has 0 unspecified atom stereocenters. The number of rotatable bonds is 4. The number of hydrogen-bond acceptors (Lipinski definition) is 3. The summed E-state index contributed by atoms with van der Waals surface area (Å²) in [7, 11) is 1.35. The Morgan fingerprint density at radius 1 is 1.15 bits per heavy atom. The van der Waals surface area contributed by atoms with E-state index in [2.05, 4.69) is 10.1 Å². The van der Waals surface area contributed by atoms with Crippen molar-refractivity contribution < 1.29 is 9.53 Å². The predicted molar refractivity (Wildman–Crippen MR) is 79.3 cm³/mol. The van der Waals surface area contributed by atoms with Gasteiger partial charge in [0.2, 0.25) is 0 Å². The van der Waals surface area contributed by atoms with E-state index >= 15 is 0 Å². The van der Waals surface area contributed by atoms with Crippen LogP contribution in [-0.4, -0.2) is 18.9 Å². The van der Waals surface area contributed by atoms with Crippen molar-refractivity contribution in [2.75, 3.05) is 12.4 Å². The molecule has 0 spiro atoms. The predicted octanol–water partition coefficient (Wildman–Crippen LogP) is 3.11. The van der Waals surface area contributed by atoms with Gasteiger partial charge in [0, 0.05) is 12.1 Å². The maximum Gasteiger partial charge on any atom is 0.337 e. The topological polar surface area (TPSA) is 62.2 Å². The second-order valence-electron chi connectivity index (χ2n) is 4.34. The van der Waals surface area contributed by atoms with Crippen LogP contribution in [-0.2, 0) is 11.2 Å². The van der Waals surface area contributed by atoms with Gasteiger partial charge in [-0.15, -0.1) is 0 Å². The van der Waals surface area contributed by atoms with Crippen LogP contribution < -0.4 is 5.32 Å². The Labute approximate surface area is 117 Å². The Morgan fingerprint density at radius 2 is 1.90 bits per heavy atom. The van der Waals surface area contributed by atoms with E-state index in [-0.39, 0.29) is 5.97 Å². The second kappa shape index (κ2) is 6.52. The molecule has 2 aromatic rings. The Kier molecular flexibility index (Phi) is 4.50. The number of benzene rings is 2. The molecule has 0 atom stereocenters. The molecule has 4 nitrogen and oxygen atoms in total. The van der Waals surface area contributed by atoms with Crippen LogP contribution in [0.5, 0.6) is 0 Å². The van der Waals surface area contributed by atoms with Crippen LogP contribution in [0.1, 0.15) is 15.9 Å². The van der Waals surface area contributed by atoms with Crippen LogP contribution in [0, 0.1) is 5.41 Å². The lowest BCUT2D eigenvalue weighted by atomic mass is 10.1. The Hall–Kier alpha value is -2.62. The number of anilines is 1. The van der Waals surface area contributed by atoms with Crippen LogP contribution in [0.25, 0.3) is 0 Å². The zero-order valence-electron chi connectivity index (χ0n) is 11.2. The summed E-state index contributed by atoms with van der Waals surface area (Å²) >= 11 is 0. The van der Waals surface area contributed by atoms with Crippen molar-refractivity contribution in [1.82, 2.24) is 0 Å². The van der Waals surface area contributed by atoms with Crippen LogP contribution in [0.15, 0.2) is 54.6 Å². The van der Waals surface area contributed by atoms with Crippen molar-refractivity contribution >= 4 is 17.5 Å². The van der Waals surface area contributed by atoms with Gasteiger partial charge in [-0.25, -0.2) is 4.79 Å². The maximum atomic E-state index is 11.4. The fourth-order valence-corrected chi connectivity index (χ4v) is 1.86. The molecule has 0 heterocycles. The van der Waals surface area contributed by atoms with Gasteiger partial charge in [0.25, 0.3) is 0 Å². The Morgan fingerprint density at radius 3 is 2.60 bits per heavy atom. The van der Waals surface area contributed by atoms with Gasteiger partial charge in [-0.1, -0.05) is 36.4 Å². The highest BCUT2D eigenvalue weighted by atomic mass is 16.5. The molecule has 0 saturated heterocycles. The van der Waals surface area contributed by atoms with Gasteiger partial charge in [-0.3, -0.25) is 5.41 Å². The molecule has 0 aliphatic rings. The van der Waals surface area contributed by atoms with Gasteiger partial charge in [0.1, 0.15) is 5.84 Å². The summed E-state index contributed by atoms with van der Waals surface area (Å²) < 4.78 is 4.67. The molecule has 2 rings (SSSR count). The van der Waals surface area contributed by atoms with Gasteiger partial charge in [0.15, 0.2) is 0 Å². The summed E-state index contributed by atoms with van der Waals surface area (Å²) in [6.45, 7) is 0. The van der Waals surface area contributed by atoms with Crippen LogP contribution >= 0.6 is 0 Å². The zero-order chi connectivity index (χ0) is 14.4. The fourth-order valence-electron chi connectivity index (χ4n) is 1.86. The zero-order valence-corrected chi connectivity index (χ0v) is 11.2. The van der Waals surface area contributed by atoms with Gasteiger partial charge >= 0.3 is 5.97 Å². The summed E-state index contributed by atoms with van der Waals surface area (Å²) in [5.41, 5.74) is 2.23. The highest BCUT2D eigenvalue weighted by molar-refractivity contribution is 5.96. The minimum atomic E-state index is -0.386. The third kappa shape index (κ3) is 3.68. The van der Waals surface area contributed by atoms with Crippen molar-refractivity contribution in [2.45, 2.75) is 6.42 Å². The van der Waals surface area contributed by atoms with Crippen LogP contribution in [0.2, 0.25) is 0 Å². The highest BCUT2D eigenvalue weighted by Crippen LogP contribution is 2.12. The third-order valence-electron chi connectivity index (χ3n) is 2.80. The molecule has 0 aliphatic heterocycles. The van der Waals surface area contributed by atoms with Crippen LogP contribution in [0.4, 0.5) is 5.69 Å². The molecule has 0 fully saturated rings. The molecule has 20 heavy (non-hydrogen) atoms. The smallest absolute Gasteiger partial charge is 0.337 e. The fraction of sp³-hybridized carbons (Fsp3) is 0.125. The lowest BCUT2D eigenvalue weighted by Gasteiger charge is -2.09. The number of carbonyl (C=O) groups is 1. The van der Waals surface area contributed by atoms with E-state index in [1.54, 1.807) is 18.2 Å². The lowest BCUT2D eigenvalue weighted by molar-refractivity contribution is 0.0601. The number of esters is 1. The van der Waals surface area contributed by atoms with Crippen molar-refractivity contribution in [1.29, 1.82) is 5.41 Å². The van der Waals surface area contributed by atoms with Crippen molar-refractivity contribution in [3.8, 4) is 0 Å². The van der Waals surface area contributed by atoms with Gasteiger partial charge < -0.3 is 10.1 Å². The number of carbonyl (C=O) groups excluding carboxylic acids is 1. The molecular weight excluding hydrogens is 252 g/mol. The molecule has 0 aliphatic carbocycles. The van der Waals surface area contributed by atoms with E-state index in [0.29, 0.717) is 23.5 Å². The van der Waals surface area contributed by atoms with Gasteiger partial charge in [-0.2, -0.15) is 0 Å². The monoisotopic (exact) mass is 268 g/mol. The van der Waals surface area contributed by atoms with E-state index in [1.807, 2.05) is 36.4 Å². The number of nitrogens with one attached hydrogen (secondary N) is 2. The van der Waals surface area contributed by atoms with E-state index in [1.165, 1.54) is 7.11 Å². The molecule has 102 valence electrons. The van der Waals surface area contributed by atoms with Gasteiger partial charge in [0.05, 0.1) is 12.7 Å². The number of methoxy groups -OCH3 is 1. The van der Waals surface area contributed by atoms with Crippen molar-refractivity contribution in [2.24, 2.45) is 0 Å². The van der Waals surface area contributed by atoms with E-state index in [0.717, 1.165) is 5.56 Å². The first-order chi connectivity index (χ1) is 9.69. The summed E-state index contributed by atoms with van der Waals surface area (Å²) in [6, 6.07) is 16.7. The normalized spacial score (nSPS) is 9.85. The minimum Gasteiger partial charge on any atom is -0.465 e. The summed E-state index contributed by atoms with van der Waals surface area (Å²) in [4.78, 5) is 11.4. The summed E-state index contributed by atoms with van der Waals surface area (Å²) in [5.74, 6) is -0.0125. The Balaban J connectivity index is 2.03. The highest BCUT2D eigenvalue weighted by Gasteiger charge is 2.06. The van der Waals surface area contributed by atoms with E-state index in [4.69, 9.17) is 5.41 Å². The second-order valence-corrected chi connectivity index (χ2v) is 4.34. The molecule has 4 heteroatoms. The summed E-state index contributed by atoms with van der Waals surface area (Å²) in [6.07, 6.45) is 0.517. The first-order valence-electron chi connectivity index (χ1n) is 6.26. The molecular formula is C16H16N2O2. The summed E-state index contributed by atoms with van der Waals surface area (Å²) in [5, 5.41) is 10.9. The standard InChI is InChI=1S/C16H16N2O2/c1-20-16(19)13-8-5-9-14(11-13)18-15(17)10-12-6-3-2-4-7-12/h2-9,11H,10H2,1H3,(H2,17,18). The average molecular weight is 268 g/mol. The number of amidine groups is 1. The molecule has 0 radical (unpaired) electrons. The largest absolute Gasteiger partial charge is 0.465 e. The number of ether oxygens (including phenoxy) is 1. The van der Waals surface area contributed by atoms with Gasteiger partial charge in [-0.05, 0) is 23.8 Å². The SMILES string of the molecule is COC(=O)c1cccc(NC(=N)Cc2ccccc2)c1. The molecule has 0 aromatic heterocycles. The quantitative estimate of drug-likeness (QED) is 0.509. The first-order valence-corrected chi connectivity index (χ1v) is 6.26. The lowest BCUT2D eigenvalue weighted by Crippen LogP contribution is -2.14. The molecule has 2 aromatic carbocycles. The third-order valence-corrected chi connectivity index (χ3v) is 2.80. The molecule has 0 amide bonds. The maximum absolute atomic E-state index is 11.4. The Bertz CT molecular complexity index is 609. The number of hydrogen-bond donors (Lipinski definition) is 2.